The zero-order valence-corrected chi connectivity index (χ0v) is 20.3. The van der Waals surface area contributed by atoms with Crippen LogP contribution in [0.2, 0.25) is 10.0 Å². The van der Waals surface area contributed by atoms with E-state index in [1.54, 1.807) is 16.9 Å². The van der Waals surface area contributed by atoms with Crippen molar-refractivity contribution in [3.8, 4) is 0 Å². The summed E-state index contributed by atoms with van der Waals surface area (Å²) in [7, 11) is 1.91. The second kappa shape index (κ2) is 11.8. The highest BCUT2D eigenvalue weighted by molar-refractivity contribution is 14.0. The number of hydrogen-bond donors (Lipinski definition) is 2. The average molecular weight is 554 g/mol. The Morgan fingerprint density at radius 3 is 2.90 bits per heavy atom. The molecule has 1 aliphatic heterocycles. The van der Waals surface area contributed by atoms with E-state index in [1.807, 2.05) is 19.4 Å². The van der Waals surface area contributed by atoms with Gasteiger partial charge in [-0.05, 0) is 13.0 Å². The molecule has 2 aromatic heterocycles. The number of aromatic nitrogens is 3. The van der Waals surface area contributed by atoms with Crippen LogP contribution in [0.5, 0.6) is 0 Å². The first-order valence-corrected chi connectivity index (χ1v) is 10.0. The standard InChI is InChI=1S/C18H25Cl2N7O.HI/c1-3-21-18(23-5-4-22-17-15(20)8-14(19)10-24-17)27-6-7-28-16(12-27)13-9-25-26(2)11-13;/h8-11,16H,3-7,12H2,1-2H3,(H,21,23)(H,22,24);1H. The fourth-order valence-electron chi connectivity index (χ4n) is 2.96. The first-order chi connectivity index (χ1) is 13.6. The number of guanidine groups is 1. The highest BCUT2D eigenvalue weighted by atomic mass is 127. The maximum atomic E-state index is 6.13. The van der Waals surface area contributed by atoms with E-state index in [9.17, 15) is 0 Å². The monoisotopic (exact) mass is 553 g/mol. The summed E-state index contributed by atoms with van der Waals surface area (Å²) in [6.45, 7) is 6.22. The molecule has 1 atom stereocenters. The number of anilines is 1. The number of pyridine rings is 1. The van der Waals surface area contributed by atoms with Gasteiger partial charge in [0.2, 0.25) is 0 Å². The lowest BCUT2D eigenvalue weighted by molar-refractivity contribution is -0.00803. The van der Waals surface area contributed by atoms with Crippen LogP contribution in [0.1, 0.15) is 18.6 Å². The molecule has 3 rings (SSSR count). The number of ether oxygens (including phenoxy) is 1. The number of rotatable bonds is 6. The number of aryl methyl sites for hydroxylation is 1. The lowest BCUT2D eigenvalue weighted by Crippen LogP contribution is -2.48. The normalized spacial score (nSPS) is 17.0. The van der Waals surface area contributed by atoms with Crippen molar-refractivity contribution in [2.24, 2.45) is 12.0 Å². The lowest BCUT2D eigenvalue weighted by Gasteiger charge is -2.34. The summed E-state index contributed by atoms with van der Waals surface area (Å²) >= 11 is 12.0. The van der Waals surface area contributed by atoms with Crippen LogP contribution in [0.4, 0.5) is 5.82 Å². The van der Waals surface area contributed by atoms with Crippen LogP contribution >= 0.6 is 47.2 Å². The summed E-state index contributed by atoms with van der Waals surface area (Å²) in [6.07, 6.45) is 5.40. The van der Waals surface area contributed by atoms with Gasteiger partial charge in [0.1, 0.15) is 11.9 Å². The average Bonchev–Trinajstić information content (AvgIpc) is 3.12. The molecule has 2 N–H and O–H groups in total. The smallest absolute Gasteiger partial charge is 0.194 e. The number of nitrogens with one attached hydrogen (secondary N) is 2. The molecule has 2 aromatic rings. The van der Waals surface area contributed by atoms with Crippen molar-refractivity contribution in [2.45, 2.75) is 13.0 Å². The van der Waals surface area contributed by atoms with Gasteiger partial charge in [0.15, 0.2) is 5.96 Å². The predicted molar refractivity (Wildman–Crippen MR) is 128 cm³/mol. The Hall–Kier alpha value is -1.30. The third-order valence-corrected chi connectivity index (χ3v) is 4.77. The van der Waals surface area contributed by atoms with Crippen LogP contribution in [0.3, 0.4) is 0 Å². The molecule has 0 amide bonds. The van der Waals surface area contributed by atoms with E-state index < -0.39 is 0 Å². The van der Waals surface area contributed by atoms with E-state index in [-0.39, 0.29) is 30.1 Å². The third kappa shape index (κ3) is 6.87. The Morgan fingerprint density at radius 2 is 2.21 bits per heavy atom. The van der Waals surface area contributed by atoms with Crippen LogP contribution in [-0.4, -0.2) is 65.0 Å². The second-order valence-electron chi connectivity index (χ2n) is 6.40. The SMILES string of the molecule is CCNC(=NCCNc1ncc(Cl)cc1Cl)N1CCOC(c2cnn(C)c2)C1.I. The minimum Gasteiger partial charge on any atom is -0.370 e. The van der Waals surface area contributed by atoms with Gasteiger partial charge in [-0.25, -0.2) is 4.98 Å². The summed E-state index contributed by atoms with van der Waals surface area (Å²) in [5.41, 5.74) is 1.08. The lowest BCUT2D eigenvalue weighted by atomic mass is 10.1. The van der Waals surface area contributed by atoms with Crippen LogP contribution in [-0.2, 0) is 11.8 Å². The number of hydrogen-bond acceptors (Lipinski definition) is 5. The first-order valence-electron chi connectivity index (χ1n) is 9.25. The van der Waals surface area contributed by atoms with E-state index >= 15 is 0 Å². The predicted octanol–water partition coefficient (Wildman–Crippen LogP) is 3.19. The molecule has 1 saturated heterocycles. The van der Waals surface area contributed by atoms with Gasteiger partial charge in [0.25, 0.3) is 0 Å². The zero-order valence-electron chi connectivity index (χ0n) is 16.4. The van der Waals surface area contributed by atoms with Gasteiger partial charge < -0.3 is 20.3 Å². The topological polar surface area (TPSA) is 79.6 Å². The van der Waals surface area contributed by atoms with Gasteiger partial charge in [-0.2, -0.15) is 5.10 Å². The van der Waals surface area contributed by atoms with E-state index in [0.717, 1.165) is 31.2 Å². The van der Waals surface area contributed by atoms with Crippen molar-refractivity contribution in [3.05, 3.63) is 40.3 Å². The van der Waals surface area contributed by atoms with Gasteiger partial charge >= 0.3 is 0 Å². The van der Waals surface area contributed by atoms with Gasteiger partial charge in [-0.1, -0.05) is 23.2 Å². The van der Waals surface area contributed by atoms with E-state index in [4.69, 9.17) is 32.9 Å². The molecule has 160 valence electrons. The molecule has 1 unspecified atom stereocenters. The van der Waals surface area contributed by atoms with Crippen molar-refractivity contribution >= 4 is 59.0 Å². The third-order valence-electron chi connectivity index (χ3n) is 4.27. The van der Waals surface area contributed by atoms with Crippen LogP contribution in [0, 0.1) is 0 Å². The minimum absolute atomic E-state index is 0. The molecule has 29 heavy (non-hydrogen) atoms. The maximum Gasteiger partial charge on any atom is 0.194 e. The first kappa shape index (κ1) is 24.0. The van der Waals surface area contributed by atoms with Gasteiger partial charge in [0.05, 0.1) is 35.9 Å². The van der Waals surface area contributed by atoms with Crippen LogP contribution in [0.15, 0.2) is 29.6 Å². The van der Waals surface area contributed by atoms with Crippen molar-refractivity contribution in [2.75, 3.05) is 44.6 Å². The summed E-state index contributed by atoms with van der Waals surface area (Å²) in [4.78, 5) is 11.1. The molecule has 0 aromatic carbocycles. The van der Waals surface area contributed by atoms with Gasteiger partial charge in [0, 0.05) is 44.6 Å². The quantitative estimate of drug-likeness (QED) is 0.247. The Balaban J connectivity index is 0.00000300. The number of morpholine rings is 1. The van der Waals surface area contributed by atoms with Crippen molar-refractivity contribution < 1.29 is 4.74 Å². The molecular formula is C18H26Cl2IN7O. The fourth-order valence-corrected chi connectivity index (χ4v) is 3.40. The van der Waals surface area contributed by atoms with Crippen molar-refractivity contribution in [3.63, 3.8) is 0 Å². The van der Waals surface area contributed by atoms with E-state index in [0.29, 0.717) is 35.6 Å². The summed E-state index contributed by atoms with van der Waals surface area (Å²) in [6, 6.07) is 1.66. The Morgan fingerprint density at radius 1 is 1.38 bits per heavy atom. The summed E-state index contributed by atoms with van der Waals surface area (Å²) in [5, 5.41) is 11.8. The van der Waals surface area contributed by atoms with Gasteiger partial charge in [-0.3, -0.25) is 9.67 Å². The molecular weight excluding hydrogens is 528 g/mol. The van der Waals surface area contributed by atoms with Crippen molar-refractivity contribution in [1.29, 1.82) is 0 Å². The molecule has 0 spiro atoms. The van der Waals surface area contributed by atoms with E-state index in [1.165, 1.54) is 0 Å². The molecule has 0 radical (unpaired) electrons. The minimum atomic E-state index is -0.0125. The molecule has 0 aliphatic carbocycles. The molecule has 1 fully saturated rings. The van der Waals surface area contributed by atoms with Crippen LogP contribution < -0.4 is 10.6 Å². The number of aliphatic imine (C=N–C) groups is 1. The number of halogens is 3. The van der Waals surface area contributed by atoms with Crippen molar-refractivity contribution in [1.82, 2.24) is 25.0 Å². The summed E-state index contributed by atoms with van der Waals surface area (Å²) in [5.74, 6) is 1.48. The highest BCUT2D eigenvalue weighted by Crippen LogP contribution is 2.23. The summed E-state index contributed by atoms with van der Waals surface area (Å²) < 4.78 is 7.71. The van der Waals surface area contributed by atoms with Gasteiger partial charge in [-0.15, -0.1) is 24.0 Å². The largest absolute Gasteiger partial charge is 0.370 e. The maximum absolute atomic E-state index is 6.13. The molecule has 11 heteroatoms. The Bertz CT molecular complexity index is 817. The molecule has 1 aliphatic rings. The Kier molecular flexibility index (Phi) is 9.73. The van der Waals surface area contributed by atoms with E-state index in [2.05, 4.69) is 32.5 Å². The molecule has 8 nitrogen and oxygen atoms in total. The highest BCUT2D eigenvalue weighted by Gasteiger charge is 2.25. The molecule has 3 heterocycles. The zero-order chi connectivity index (χ0) is 19.9. The fraction of sp³-hybridized carbons (Fsp3) is 0.500. The number of nitrogens with zero attached hydrogens (tertiary/aromatic N) is 5. The molecule has 0 saturated carbocycles. The Labute approximate surface area is 198 Å². The second-order valence-corrected chi connectivity index (χ2v) is 7.24. The van der Waals surface area contributed by atoms with Crippen LogP contribution in [0.25, 0.3) is 0 Å². The molecule has 0 bridgehead atoms.